The summed E-state index contributed by atoms with van der Waals surface area (Å²) < 4.78 is 0. The van der Waals surface area contributed by atoms with Crippen LogP contribution in [-0.2, 0) is 9.59 Å². The van der Waals surface area contributed by atoms with Gasteiger partial charge in [0.15, 0.2) is 5.17 Å². The van der Waals surface area contributed by atoms with Crippen molar-refractivity contribution in [3.05, 3.63) is 65.2 Å². The van der Waals surface area contributed by atoms with Gasteiger partial charge in [-0.15, -0.1) is 0 Å². The summed E-state index contributed by atoms with van der Waals surface area (Å²) in [6.45, 7) is 5.94. The van der Waals surface area contributed by atoms with Gasteiger partial charge in [0, 0.05) is 12.1 Å². The molecule has 1 aliphatic rings. The lowest BCUT2D eigenvalue weighted by atomic mass is 10.1. The van der Waals surface area contributed by atoms with Crippen molar-refractivity contribution < 1.29 is 9.59 Å². The highest BCUT2D eigenvalue weighted by Crippen LogP contribution is 2.26. The molecule has 140 valence electrons. The van der Waals surface area contributed by atoms with Crippen LogP contribution in [0.3, 0.4) is 0 Å². The molecule has 2 aromatic carbocycles. The number of thioether (sulfide) groups is 1. The predicted molar refractivity (Wildman–Crippen MR) is 111 cm³/mol. The zero-order valence-corrected chi connectivity index (χ0v) is 16.5. The van der Waals surface area contributed by atoms with Gasteiger partial charge in [0.05, 0.1) is 6.04 Å². The fourth-order valence-electron chi connectivity index (χ4n) is 2.91. The molecule has 0 saturated carbocycles. The van der Waals surface area contributed by atoms with Crippen LogP contribution >= 0.6 is 11.8 Å². The molecule has 2 atom stereocenters. The zero-order valence-electron chi connectivity index (χ0n) is 15.7. The summed E-state index contributed by atoms with van der Waals surface area (Å²) in [6, 6.07) is 15.7. The first-order valence-electron chi connectivity index (χ1n) is 8.90. The number of amides is 2. The van der Waals surface area contributed by atoms with Gasteiger partial charge in [-0.25, -0.2) is 0 Å². The van der Waals surface area contributed by atoms with E-state index in [2.05, 4.69) is 15.6 Å². The second-order valence-electron chi connectivity index (χ2n) is 6.69. The number of nitrogens with one attached hydrogen (secondary N) is 2. The molecule has 2 aromatic rings. The number of hydrogen-bond donors (Lipinski definition) is 2. The second kappa shape index (κ2) is 8.39. The van der Waals surface area contributed by atoms with Crippen LogP contribution in [0.5, 0.6) is 0 Å². The average Bonchev–Trinajstić information content (AvgIpc) is 2.97. The van der Waals surface area contributed by atoms with Crippen molar-refractivity contribution in [3.63, 3.8) is 0 Å². The summed E-state index contributed by atoms with van der Waals surface area (Å²) in [7, 11) is 0. The van der Waals surface area contributed by atoms with Crippen LogP contribution in [0.2, 0.25) is 0 Å². The Morgan fingerprint density at radius 1 is 1.22 bits per heavy atom. The maximum Gasteiger partial charge on any atom is 0.240 e. The van der Waals surface area contributed by atoms with Gasteiger partial charge < -0.3 is 10.6 Å². The number of anilines is 1. The molecule has 0 aliphatic carbocycles. The van der Waals surface area contributed by atoms with Crippen molar-refractivity contribution in [2.75, 3.05) is 5.32 Å². The number of rotatable bonds is 5. The summed E-state index contributed by atoms with van der Waals surface area (Å²) >= 11 is 1.32. The van der Waals surface area contributed by atoms with Crippen molar-refractivity contribution in [1.82, 2.24) is 5.32 Å². The molecule has 6 heteroatoms. The molecule has 0 unspecified atom stereocenters. The van der Waals surface area contributed by atoms with Gasteiger partial charge in [-0.2, -0.15) is 0 Å². The van der Waals surface area contributed by atoms with Gasteiger partial charge in [0.1, 0.15) is 5.25 Å². The standard InChI is InChI=1S/C21H23N3O2S/c1-13-9-10-17(14(2)11-13)23-19(25)12-18-20(26)24-21(27-18)22-15(3)16-7-5-4-6-8-16/h4-11,15,18H,12H2,1-3H3,(H,23,25)(H,22,24,26)/t15-,18+/m0/s1. The molecule has 1 fully saturated rings. The zero-order chi connectivity index (χ0) is 19.4. The van der Waals surface area contributed by atoms with Crippen LogP contribution in [0.1, 0.15) is 36.1 Å². The summed E-state index contributed by atoms with van der Waals surface area (Å²) in [5.74, 6) is -0.346. The predicted octanol–water partition coefficient (Wildman–Crippen LogP) is 3.98. The van der Waals surface area contributed by atoms with E-state index in [0.717, 1.165) is 22.4 Å². The van der Waals surface area contributed by atoms with Crippen molar-refractivity contribution >= 4 is 34.4 Å². The summed E-state index contributed by atoms with van der Waals surface area (Å²) in [4.78, 5) is 29.1. The monoisotopic (exact) mass is 381 g/mol. The highest BCUT2D eigenvalue weighted by molar-refractivity contribution is 8.15. The maximum atomic E-state index is 12.4. The van der Waals surface area contributed by atoms with E-state index >= 15 is 0 Å². The number of carbonyl (C=O) groups is 2. The number of aliphatic imine (C=N–C) groups is 1. The first-order chi connectivity index (χ1) is 12.9. The second-order valence-corrected chi connectivity index (χ2v) is 7.88. The van der Waals surface area contributed by atoms with Crippen LogP contribution in [0.4, 0.5) is 5.69 Å². The Morgan fingerprint density at radius 3 is 2.67 bits per heavy atom. The molecule has 3 rings (SSSR count). The SMILES string of the molecule is Cc1ccc(NC(=O)C[C@H]2SC(=N[C@@H](C)c3ccccc3)NC2=O)c(C)c1. The van der Waals surface area contributed by atoms with Gasteiger partial charge in [0.2, 0.25) is 11.8 Å². The van der Waals surface area contributed by atoms with Crippen molar-refractivity contribution in [1.29, 1.82) is 0 Å². The largest absolute Gasteiger partial charge is 0.326 e. The molecule has 0 aromatic heterocycles. The Balaban J connectivity index is 1.60. The molecule has 1 aliphatic heterocycles. The Bertz CT molecular complexity index is 880. The summed E-state index contributed by atoms with van der Waals surface area (Å²) in [6.07, 6.45) is 0.114. The van der Waals surface area contributed by atoms with Crippen molar-refractivity contribution in [2.45, 2.75) is 38.5 Å². The van der Waals surface area contributed by atoms with E-state index in [0.29, 0.717) is 5.17 Å². The average molecular weight is 382 g/mol. The lowest BCUT2D eigenvalue weighted by molar-refractivity contribution is -0.122. The first-order valence-corrected chi connectivity index (χ1v) is 9.77. The minimum absolute atomic E-state index is 0.0585. The van der Waals surface area contributed by atoms with Crippen LogP contribution < -0.4 is 10.6 Å². The molecule has 0 bridgehead atoms. The number of benzene rings is 2. The number of carbonyl (C=O) groups excluding carboxylic acids is 2. The summed E-state index contributed by atoms with van der Waals surface area (Å²) in [5.41, 5.74) is 4.01. The van der Waals surface area contributed by atoms with E-state index < -0.39 is 5.25 Å². The van der Waals surface area contributed by atoms with Crippen LogP contribution in [0.15, 0.2) is 53.5 Å². The quantitative estimate of drug-likeness (QED) is 0.823. The van der Waals surface area contributed by atoms with E-state index in [1.54, 1.807) is 0 Å². The minimum Gasteiger partial charge on any atom is -0.326 e. The molecular weight excluding hydrogens is 358 g/mol. The number of nitrogens with zero attached hydrogens (tertiary/aromatic N) is 1. The van der Waals surface area contributed by atoms with E-state index in [4.69, 9.17) is 0 Å². The van der Waals surface area contributed by atoms with Gasteiger partial charge in [0.25, 0.3) is 0 Å². The normalized spacial score (nSPS) is 19.0. The molecule has 1 heterocycles. The van der Waals surface area contributed by atoms with Crippen molar-refractivity contribution in [2.24, 2.45) is 4.99 Å². The highest BCUT2D eigenvalue weighted by Gasteiger charge is 2.32. The molecule has 27 heavy (non-hydrogen) atoms. The Kier molecular flexibility index (Phi) is 5.96. The first kappa shape index (κ1) is 19.2. The third-order valence-corrected chi connectivity index (χ3v) is 5.49. The lowest BCUT2D eigenvalue weighted by Crippen LogP contribution is -2.28. The van der Waals surface area contributed by atoms with E-state index in [1.165, 1.54) is 11.8 Å². The van der Waals surface area contributed by atoms with Crippen molar-refractivity contribution in [3.8, 4) is 0 Å². The molecular formula is C21H23N3O2S. The molecule has 2 N–H and O–H groups in total. The third kappa shape index (κ3) is 4.98. The van der Waals surface area contributed by atoms with E-state index in [1.807, 2.05) is 69.3 Å². The van der Waals surface area contributed by atoms with Crippen LogP contribution in [0, 0.1) is 13.8 Å². The van der Waals surface area contributed by atoms with Crippen LogP contribution in [-0.4, -0.2) is 22.2 Å². The van der Waals surface area contributed by atoms with E-state index in [-0.39, 0.29) is 24.3 Å². The topological polar surface area (TPSA) is 70.6 Å². The molecule has 0 radical (unpaired) electrons. The summed E-state index contributed by atoms with van der Waals surface area (Å²) in [5, 5.41) is 5.79. The number of amidine groups is 1. The molecule has 2 amide bonds. The maximum absolute atomic E-state index is 12.4. The van der Waals surface area contributed by atoms with Gasteiger partial charge in [-0.05, 0) is 38.0 Å². The van der Waals surface area contributed by atoms with Crippen LogP contribution in [0.25, 0.3) is 0 Å². The smallest absolute Gasteiger partial charge is 0.240 e. The Hall–Kier alpha value is -2.60. The van der Waals surface area contributed by atoms with Gasteiger partial charge >= 0.3 is 0 Å². The Labute approximate surface area is 163 Å². The lowest BCUT2D eigenvalue weighted by Gasteiger charge is -2.10. The Morgan fingerprint density at radius 2 is 1.96 bits per heavy atom. The highest BCUT2D eigenvalue weighted by atomic mass is 32.2. The van der Waals surface area contributed by atoms with Gasteiger partial charge in [-0.3, -0.25) is 14.6 Å². The fraction of sp³-hybridized carbons (Fsp3) is 0.286. The molecule has 5 nitrogen and oxygen atoms in total. The van der Waals surface area contributed by atoms with E-state index in [9.17, 15) is 9.59 Å². The fourth-order valence-corrected chi connectivity index (χ4v) is 3.95. The number of aryl methyl sites for hydroxylation is 2. The van der Waals surface area contributed by atoms with Gasteiger partial charge in [-0.1, -0.05) is 59.8 Å². The molecule has 0 spiro atoms. The third-order valence-electron chi connectivity index (χ3n) is 4.40. The molecule has 1 saturated heterocycles. The minimum atomic E-state index is -0.461. The number of hydrogen-bond acceptors (Lipinski definition) is 4.